The second-order valence-electron chi connectivity index (χ2n) is 5.86. The number of rotatable bonds is 7. The van der Waals surface area contributed by atoms with Crippen LogP contribution in [0.3, 0.4) is 0 Å². The van der Waals surface area contributed by atoms with E-state index in [4.69, 9.17) is 5.11 Å². The molecule has 2 unspecified atom stereocenters. The lowest BCUT2D eigenvalue weighted by atomic mass is 10.0. The van der Waals surface area contributed by atoms with E-state index < -0.39 is 0 Å². The van der Waals surface area contributed by atoms with Gasteiger partial charge in [0.2, 0.25) is 0 Å². The minimum atomic E-state index is -0.365. The van der Waals surface area contributed by atoms with Crippen molar-refractivity contribution in [2.45, 2.75) is 51.2 Å². The second kappa shape index (κ2) is 7.77. The third-order valence-corrected chi connectivity index (χ3v) is 4.43. The van der Waals surface area contributed by atoms with Crippen LogP contribution in [0.1, 0.15) is 49.3 Å². The van der Waals surface area contributed by atoms with Gasteiger partial charge in [-0.3, -0.25) is 0 Å². The van der Waals surface area contributed by atoms with E-state index in [1.807, 2.05) is 18.2 Å². The third kappa shape index (κ3) is 4.05. The molecule has 0 radical (unpaired) electrons. The summed E-state index contributed by atoms with van der Waals surface area (Å²) in [6.45, 7) is 4.43. The topological polar surface area (TPSA) is 43.7 Å². The smallest absolute Gasteiger partial charge is 0.0804 e. The average Bonchev–Trinajstić information content (AvgIpc) is 2.90. The summed E-state index contributed by atoms with van der Waals surface area (Å²) in [5.41, 5.74) is 2.22. The van der Waals surface area contributed by atoms with Gasteiger partial charge in [0.05, 0.1) is 6.10 Å². The zero-order valence-corrected chi connectivity index (χ0v) is 12.5. The van der Waals surface area contributed by atoms with Crippen molar-refractivity contribution >= 4 is 0 Å². The van der Waals surface area contributed by atoms with Crippen LogP contribution in [0.2, 0.25) is 0 Å². The summed E-state index contributed by atoms with van der Waals surface area (Å²) in [6.07, 6.45) is 4.88. The van der Waals surface area contributed by atoms with Gasteiger partial charge in [0.15, 0.2) is 0 Å². The quantitative estimate of drug-likeness (QED) is 0.805. The Balaban J connectivity index is 1.83. The molecular formula is C17H27NO2. The lowest BCUT2D eigenvalue weighted by Gasteiger charge is -2.25. The van der Waals surface area contributed by atoms with Gasteiger partial charge >= 0.3 is 0 Å². The van der Waals surface area contributed by atoms with Crippen LogP contribution in [0.25, 0.3) is 0 Å². The first-order valence-corrected chi connectivity index (χ1v) is 7.81. The normalized spacial score (nSPS) is 21.2. The van der Waals surface area contributed by atoms with Gasteiger partial charge < -0.3 is 15.1 Å². The van der Waals surface area contributed by atoms with Crippen molar-refractivity contribution in [2.24, 2.45) is 0 Å². The summed E-state index contributed by atoms with van der Waals surface area (Å²) in [5, 5.41) is 19.3. The molecule has 1 aliphatic heterocycles. The Morgan fingerprint density at radius 3 is 2.90 bits per heavy atom. The van der Waals surface area contributed by atoms with Crippen molar-refractivity contribution < 1.29 is 10.2 Å². The van der Waals surface area contributed by atoms with Crippen LogP contribution in [0.15, 0.2) is 24.3 Å². The summed E-state index contributed by atoms with van der Waals surface area (Å²) in [7, 11) is 0. The molecule has 0 saturated carbocycles. The average molecular weight is 277 g/mol. The lowest BCUT2D eigenvalue weighted by Crippen LogP contribution is -2.31. The predicted octanol–water partition coefficient (Wildman–Crippen LogP) is 2.66. The molecule has 1 heterocycles. The van der Waals surface area contributed by atoms with Crippen LogP contribution >= 0.6 is 0 Å². The van der Waals surface area contributed by atoms with Crippen LogP contribution in [0.5, 0.6) is 0 Å². The van der Waals surface area contributed by atoms with Crippen molar-refractivity contribution in [1.29, 1.82) is 0 Å². The molecule has 0 aromatic heterocycles. The molecule has 112 valence electrons. The van der Waals surface area contributed by atoms with Gasteiger partial charge in [-0.15, -0.1) is 0 Å². The summed E-state index contributed by atoms with van der Waals surface area (Å²) in [6, 6.07) is 8.68. The number of aliphatic hydroxyl groups excluding tert-OH is 2. The zero-order chi connectivity index (χ0) is 14.4. The fraction of sp³-hybridized carbons (Fsp3) is 0.647. The number of nitrogens with zero attached hydrogens (tertiary/aromatic N) is 1. The van der Waals surface area contributed by atoms with E-state index in [0.717, 1.165) is 37.9 Å². The minimum Gasteiger partial charge on any atom is -0.396 e. The molecular weight excluding hydrogens is 250 g/mol. The highest BCUT2D eigenvalue weighted by Crippen LogP contribution is 2.25. The molecule has 2 N–H and O–H groups in total. The first kappa shape index (κ1) is 15.5. The Bertz CT molecular complexity index is 408. The molecule has 1 aliphatic rings. The number of benzene rings is 1. The molecule has 0 bridgehead atoms. The predicted molar refractivity (Wildman–Crippen MR) is 81.7 cm³/mol. The Labute approximate surface area is 122 Å². The van der Waals surface area contributed by atoms with Gasteiger partial charge in [0.1, 0.15) is 0 Å². The molecule has 0 spiro atoms. The van der Waals surface area contributed by atoms with E-state index in [1.54, 1.807) is 0 Å². The summed E-state index contributed by atoms with van der Waals surface area (Å²) in [4.78, 5) is 2.48. The van der Waals surface area contributed by atoms with Crippen LogP contribution < -0.4 is 0 Å². The van der Waals surface area contributed by atoms with Gasteiger partial charge in [-0.05, 0) is 56.7 Å². The van der Waals surface area contributed by atoms with E-state index in [0.29, 0.717) is 6.04 Å². The molecule has 0 aliphatic carbocycles. The number of hydrogen-bond acceptors (Lipinski definition) is 3. The van der Waals surface area contributed by atoms with Gasteiger partial charge in [-0.2, -0.15) is 0 Å². The fourth-order valence-electron chi connectivity index (χ4n) is 3.25. The number of hydrogen-bond donors (Lipinski definition) is 2. The molecule has 2 atom stereocenters. The van der Waals surface area contributed by atoms with Gasteiger partial charge in [0, 0.05) is 19.2 Å². The molecule has 1 aromatic carbocycles. The minimum absolute atomic E-state index is 0.288. The standard InChI is InChI=1S/C17H27NO2/c1-14-6-2-3-9-16(14)17(20)10-12-18-11-4-7-15(18)8-5-13-19/h2-3,6,9,15,17,19-20H,4-5,7-8,10-13H2,1H3. The van der Waals surface area contributed by atoms with Crippen LogP contribution in [0, 0.1) is 6.92 Å². The van der Waals surface area contributed by atoms with E-state index in [1.165, 1.54) is 18.4 Å². The number of aliphatic hydroxyl groups is 2. The second-order valence-corrected chi connectivity index (χ2v) is 5.86. The summed E-state index contributed by atoms with van der Waals surface area (Å²) >= 11 is 0. The lowest BCUT2D eigenvalue weighted by molar-refractivity contribution is 0.133. The number of aryl methyl sites for hydroxylation is 1. The van der Waals surface area contributed by atoms with E-state index >= 15 is 0 Å². The Hall–Kier alpha value is -0.900. The van der Waals surface area contributed by atoms with E-state index in [-0.39, 0.29) is 12.7 Å². The van der Waals surface area contributed by atoms with Crippen LogP contribution in [0.4, 0.5) is 0 Å². The SMILES string of the molecule is Cc1ccccc1C(O)CCN1CCCC1CCCO. The first-order valence-electron chi connectivity index (χ1n) is 7.81. The summed E-state index contributed by atoms with van der Waals surface area (Å²) in [5.74, 6) is 0. The molecule has 3 nitrogen and oxygen atoms in total. The highest BCUT2D eigenvalue weighted by molar-refractivity contribution is 5.27. The maximum atomic E-state index is 10.4. The van der Waals surface area contributed by atoms with Gasteiger partial charge in [0.25, 0.3) is 0 Å². The highest BCUT2D eigenvalue weighted by Gasteiger charge is 2.24. The van der Waals surface area contributed by atoms with Crippen molar-refractivity contribution in [3.8, 4) is 0 Å². The largest absolute Gasteiger partial charge is 0.396 e. The van der Waals surface area contributed by atoms with Crippen molar-refractivity contribution in [2.75, 3.05) is 19.7 Å². The molecule has 1 aromatic rings. The van der Waals surface area contributed by atoms with E-state index in [9.17, 15) is 5.11 Å². The number of likely N-dealkylation sites (tertiary alicyclic amines) is 1. The maximum Gasteiger partial charge on any atom is 0.0804 e. The summed E-state index contributed by atoms with van der Waals surface area (Å²) < 4.78 is 0. The monoisotopic (exact) mass is 277 g/mol. The van der Waals surface area contributed by atoms with Crippen molar-refractivity contribution in [3.63, 3.8) is 0 Å². The highest BCUT2D eigenvalue weighted by atomic mass is 16.3. The van der Waals surface area contributed by atoms with E-state index in [2.05, 4.69) is 17.9 Å². The first-order chi connectivity index (χ1) is 9.72. The maximum absolute atomic E-state index is 10.4. The third-order valence-electron chi connectivity index (χ3n) is 4.43. The van der Waals surface area contributed by atoms with Crippen LogP contribution in [-0.2, 0) is 0 Å². The molecule has 3 heteroatoms. The van der Waals surface area contributed by atoms with Crippen molar-refractivity contribution in [3.05, 3.63) is 35.4 Å². The van der Waals surface area contributed by atoms with Gasteiger partial charge in [-0.25, -0.2) is 0 Å². The van der Waals surface area contributed by atoms with Gasteiger partial charge in [-0.1, -0.05) is 24.3 Å². The molecule has 2 rings (SSSR count). The molecule has 1 saturated heterocycles. The molecule has 0 amide bonds. The zero-order valence-electron chi connectivity index (χ0n) is 12.5. The Kier molecular flexibility index (Phi) is 6.02. The molecule has 20 heavy (non-hydrogen) atoms. The Morgan fingerprint density at radius 1 is 1.35 bits per heavy atom. The molecule has 1 fully saturated rings. The van der Waals surface area contributed by atoms with Crippen molar-refractivity contribution in [1.82, 2.24) is 4.90 Å². The fourth-order valence-corrected chi connectivity index (χ4v) is 3.25. The van der Waals surface area contributed by atoms with Crippen LogP contribution in [-0.4, -0.2) is 40.9 Å². The Morgan fingerprint density at radius 2 is 2.15 bits per heavy atom.